The third-order valence-corrected chi connectivity index (χ3v) is 5.15. The van der Waals surface area contributed by atoms with Gasteiger partial charge >= 0.3 is 5.97 Å². The third kappa shape index (κ3) is 3.39. The molecule has 0 spiro atoms. The zero-order valence-corrected chi connectivity index (χ0v) is 15.4. The maximum Gasteiger partial charge on any atom is 0.339 e. The highest BCUT2D eigenvalue weighted by atomic mass is 79.9. The summed E-state index contributed by atoms with van der Waals surface area (Å²) in [7, 11) is 0. The molecular weight excluding hydrogens is 394 g/mol. The number of nitrogens with zero attached hydrogens (tertiary/aromatic N) is 3. The van der Waals surface area contributed by atoms with Crippen LogP contribution in [-0.2, 0) is 11.3 Å². The van der Waals surface area contributed by atoms with Crippen LogP contribution in [0.15, 0.2) is 39.6 Å². The van der Waals surface area contributed by atoms with Crippen LogP contribution in [0.25, 0.3) is 4.96 Å². The molecule has 2 heterocycles. The minimum Gasteiger partial charge on any atom is -0.456 e. The number of hydrogen-bond acceptors (Lipinski definition) is 6. The number of fused-ring (bicyclic) bond motifs is 1. The SMILES string of the molecule is CC(C)c1nn2c(=O)cc(COC(=O)c3ccccc3Br)nc2s1. The minimum atomic E-state index is -0.475. The van der Waals surface area contributed by atoms with Gasteiger partial charge in [0.05, 0.1) is 11.3 Å². The average molecular weight is 408 g/mol. The van der Waals surface area contributed by atoms with Crippen LogP contribution in [0.2, 0.25) is 0 Å². The number of esters is 1. The molecule has 0 aliphatic heterocycles. The smallest absolute Gasteiger partial charge is 0.339 e. The highest BCUT2D eigenvalue weighted by Crippen LogP contribution is 2.20. The Labute approximate surface area is 150 Å². The topological polar surface area (TPSA) is 73.6 Å². The zero-order valence-electron chi connectivity index (χ0n) is 13.0. The Bertz CT molecular complexity index is 965. The number of benzene rings is 1. The lowest BCUT2D eigenvalue weighted by molar-refractivity contribution is 0.0466. The van der Waals surface area contributed by atoms with Gasteiger partial charge in [-0.2, -0.15) is 9.61 Å². The van der Waals surface area contributed by atoms with E-state index in [9.17, 15) is 9.59 Å². The molecule has 0 N–H and O–H groups in total. The van der Waals surface area contributed by atoms with Gasteiger partial charge in [0.15, 0.2) is 0 Å². The Hall–Kier alpha value is -2.06. The summed E-state index contributed by atoms with van der Waals surface area (Å²) in [4.78, 5) is 29.1. The van der Waals surface area contributed by atoms with Crippen LogP contribution in [0.3, 0.4) is 0 Å². The molecule has 0 atom stereocenters. The molecule has 0 fully saturated rings. The summed E-state index contributed by atoms with van der Waals surface area (Å²) in [6, 6.07) is 8.33. The van der Waals surface area contributed by atoms with Gasteiger partial charge in [-0.1, -0.05) is 37.3 Å². The number of carbonyl (C=O) groups is 1. The van der Waals surface area contributed by atoms with Gasteiger partial charge in [-0.15, -0.1) is 0 Å². The summed E-state index contributed by atoms with van der Waals surface area (Å²) in [6.07, 6.45) is 0. The summed E-state index contributed by atoms with van der Waals surface area (Å²) in [5.74, 6) is -0.260. The van der Waals surface area contributed by atoms with E-state index in [1.807, 2.05) is 19.9 Å². The highest BCUT2D eigenvalue weighted by molar-refractivity contribution is 9.10. The van der Waals surface area contributed by atoms with E-state index < -0.39 is 5.97 Å². The molecule has 0 saturated carbocycles. The lowest BCUT2D eigenvalue weighted by Gasteiger charge is -2.05. The van der Waals surface area contributed by atoms with Crippen molar-refractivity contribution in [3.05, 3.63) is 61.4 Å². The first-order chi connectivity index (χ1) is 11.5. The largest absolute Gasteiger partial charge is 0.456 e. The van der Waals surface area contributed by atoms with Crippen molar-refractivity contribution in [3.63, 3.8) is 0 Å². The molecule has 0 unspecified atom stereocenters. The van der Waals surface area contributed by atoms with E-state index in [2.05, 4.69) is 26.0 Å². The number of ether oxygens (including phenoxy) is 1. The fourth-order valence-electron chi connectivity index (χ4n) is 2.02. The molecule has 0 aliphatic rings. The first-order valence-electron chi connectivity index (χ1n) is 7.27. The number of aromatic nitrogens is 3. The molecule has 24 heavy (non-hydrogen) atoms. The quantitative estimate of drug-likeness (QED) is 0.619. The van der Waals surface area contributed by atoms with Gasteiger partial charge in [0.25, 0.3) is 5.56 Å². The first-order valence-corrected chi connectivity index (χ1v) is 8.88. The molecule has 0 bridgehead atoms. The Balaban J connectivity index is 1.82. The van der Waals surface area contributed by atoms with Gasteiger partial charge in [-0.05, 0) is 28.1 Å². The van der Waals surface area contributed by atoms with Crippen LogP contribution in [0.1, 0.15) is 40.8 Å². The third-order valence-electron chi connectivity index (χ3n) is 3.25. The molecule has 6 nitrogen and oxygen atoms in total. The molecule has 0 aliphatic carbocycles. The van der Waals surface area contributed by atoms with E-state index in [4.69, 9.17) is 4.74 Å². The van der Waals surface area contributed by atoms with Crippen LogP contribution in [0.4, 0.5) is 0 Å². The Morgan fingerprint density at radius 2 is 2.12 bits per heavy atom. The predicted octanol–water partition coefficient (Wildman–Crippen LogP) is 3.39. The first kappa shape index (κ1) is 16.8. The van der Waals surface area contributed by atoms with Gasteiger partial charge in [0.1, 0.15) is 11.6 Å². The highest BCUT2D eigenvalue weighted by Gasteiger charge is 2.14. The van der Waals surface area contributed by atoms with Crippen molar-refractivity contribution in [2.75, 3.05) is 0 Å². The average Bonchev–Trinajstić information content (AvgIpc) is 2.98. The second kappa shape index (κ2) is 6.82. The lowest BCUT2D eigenvalue weighted by Crippen LogP contribution is -2.17. The number of halogens is 1. The van der Waals surface area contributed by atoms with Crippen molar-refractivity contribution < 1.29 is 9.53 Å². The summed E-state index contributed by atoms with van der Waals surface area (Å²) in [6.45, 7) is 3.94. The van der Waals surface area contributed by atoms with Crippen LogP contribution in [0.5, 0.6) is 0 Å². The van der Waals surface area contributed by atoms with Crippen molar-refractivity contribution in [3.8, 4) is 0 Å². The molecule has 3 rings (SSSR count). The normalized spacial score (nSPS) is 11.2. The Morgan fingerprint density at radius 3 is 2.83 bits per heavy atom. The van der Waals surface area contributed by atoms with E-state index in [1.165, 1.54) is 21.9 Å². The van der Waals surface area contributed by atoms with Crippen molar-refractivity contribution in [1.29, 1.82) is 0 Å². The molecule has 0 saturated heterocycles. The maximum absolute atomic E-state index is 12.1. The summed E-state index contributed by atoms with van der Waals surface area (Å²) >= 11 is 4.67. The number of rotatable bonds is 4. The van der Waals surface area contributed by atoms with Crippen LogP contribution in [0, 0.1) is 0 Å². The summed E-state index contributed by atoms with van der Waals surface area (Å²) in [5, 5.41) is 5.09. The van der Waals surface area contributed by atoms with E-state index in [0.29, 0.717) is 20.7 Å². The standard InChI is InChI=1S/C16H14BrN3O3S/c1-9(2)14-19-20-13(21)7-10(18-16(20)24-14)8-23-15(22)11-5-3-4-6-12(11)17/h3-7,9H,8H2,1-2H3. The van der Waals surface area contributed by atoms with Crippen molar-refractivity contribution in [2.45, 2.75) is 26.4 Å². The van der Waals surface area contributed by atoms with Crippen LogP contribution >= 0.6 is 27.3 Å². The van der Waals surface area contributed by atoms with E-state index in [-0.39, 0.29) is 18.1 Å². The van der Waals surface area contributed by atoms with Gasteiger partial charge in [0.2, 0.25) is 4.96 Å². The second-order valence-electron chi connectivity index (χ2n) is 5.43. The molecule has 8 heteroatoms. The summed E-state index contributed by atoms with van der Waals surface area (Å²) in [5.41, 5.74) is 0.546. The van der Waals surface area contributed by atoms with Crippen LogP contribution in [-0.4, -0.2) is 20.6 Å². The Morgan fingerprint density at radius 1 is 1.38 bits per heavy atom. The summed E-state index contributed by atoms with van der Waals surface area (Å²) < 4.78 is 7.19. The molecule has 3 aromatic rings. The molecular formula is C16H14BrN3O3S. The van der Waals surface area contributed by atoms with Gasteiger partial charge in [-0.25, -0.2) is 9.78 Å². The predicted molar refractivity (Wildman–Crippen MR) is 94.5 cm³/mol. The minimum absolute atomic E-state index is 0.0686. The lowest BCUT2D eigenvalue weighted by atomic mass is 10.2. The zero-order chi connectivity index (χ0) is 17.3. The maximum atomic E-state index is 12.1. The molecule has 2 aromatic heterocycles. The Kier molecular flexibility index (Phi) is 4.77. The fourth-order valence-corrected chi connectivity index (χ4v) is 3.39. The second-order valence-corrected chi connectivity index (χ2v) is 7.27. The van der Waals surface area contributed by atoms with Gasteiger partial charge in [-0.3, -0.25) is 4.79 Å². The van der Waals surface area contributed by atoms with E-state index in [0.717, 1.165) is 5.01 Å². The van der Waals surface area contributed by atoms with E-state index >= 15 is 0 Å². The van der Waals surface area contributed by atoms with Crippen LogP contribution < -0.4 is 5.56 Å². The number of hydrogen-bond donors (Lipinski definition) is 0. The number of carbonyl (C=O) groups excluding carboxylic acids is 1. The van der Waals surface area contributed by atoms with Crippen molar-refractivity contribution in [2.24, 2.45) is 0 Å². The molecule has 1 aromatic carbocycles. The van der Waals surface area contributed by atoms with Crippen molar-refractivity contribution >= 4 is 38.2 Å². The fraction of sp³-hybridized carbons (Fsp3) is 0.250. The van der Waals surface area contributed by atoms with Gasteiger partial charge in [0, 0.05) is 16.5 Å². The molecule has 0 radical (unpaired) electrons. The molecule has 124 valence electrons. The monoisotopic (exact) mass is 407 g/mol. The van der Waals surface area contributed by atoms with E-state index in [1.54, 1.807) is 18.2 Å². The molecule has 0 amide bonds. The van der Waals surface area contributed by atoms with Gasteiger partial charge < -0.3 is 4.74 Å². The van der Waals surface area contributed by atoms with Crippen molar-refractivity contribution in [1.82, 2.24) is 14.6 Å².